The molecule has 0 radical (unpaired) electrons. The van der Waals surface area contributed by atoms with E-state index in [1.54, 1.807) is 18.2 Å². The molecule has 5 heteroatoms. The number of nitrogens with zero attached hydrogens (tertiary/aromatic N) is 3. The maximum atomic E-state index is 12.2. The molecule has 0 amide bonds. The van der Waals surface area contributed by atoms with Gasteiger partial charge in [0, 0.05) is 41.2 Å². The van der Waals surface area contributed by atoms with Crippen LogP contribution >= 0.6 is 0 Å². The minimum absolute atomic E-state index is 0. The van der Waals surface area contributed by atoms with E-state index in [9.17, 15) is 5.11 Å². The van der Waals surface area contributed by atoms with Gasteiger partial charge < -0.3 is 5.11 Å². The van der Waals surface area contributed by atoms with E-state index >= 15 is 0 Å². The monoisotopic (exact) mass is 963 g/mol. The van der Waals surface area contributed by atoms with E-state index < -0.39 is 48.9 Å². The molecule has 59 heavy (non-hydrogen) atoms. The number of hydrogen-bond acceptors (Lipinski definition) is 3. The first-order valence-corrected chi connectivity index (χ1v) is 19.6. The summed E-state index contributed by atoms with van der Waals surface area (Å²) in [4.78, 5) is 10.1. The van der Waals surface area contributed by atoms with Crippen LogP contribution in [-0.2, 0) is 26.5 Å². The number of hydrogen-bond donors (Lipinski definition) is 1. The summed E-state index contributed by atoms with van der Waals surface area (Å²) in [5.41, 5.74) is 7.86. The molecule has 0 saturated heterocycles. The number of aromatic hydroxyl groups is 1. The third-order valence-electron chi connectivity index (χ3n) is 10.7. The van der Waals surface area contributed by atoms with Crippen LogP contribution in [0.25, 0.3) is 72.7 Å². The Hall–Kier alpha value is -5.57. The zero-order chi connectivity index (χ0) is 49.4. The third kappa shape index (κ3) is 8.21. The SMILES string of the molecule is [2H]c1c([2H])c(C([2H])([2H])[2H])c([2H])c([2H])c1-c1ccnc(-c2[c-]c(-c3cccc4c3nc(-c3cc(C(C)C)cc(C(C)C)c3O)n4-c3ccc(-c4ccccc4)cc3C([2H])([2H])[2H])cc(C(C)(C)C)c2)c1.[Pt]. The second kappa shape index (κ2) is 16.6. The fourth-order valence-corrected chi connectivity index (χ4v) is 7.38. The van der Waals surface area contributed by atoms with Crippen LogP contribution in [-0.4, -0.2) is 19.6 Å². The molecule has 1 N–H and O–H groups in total. The van der Waals surface area contributed by atoms with Gasteiger partial charge in [0.05, 0.1) is 27.8 Å². The molecule has 6 aromatic carbocycles. The van der Waals surface area contributed by atoms with Crippen molar-refractivity contribution in [2.45, 2.75) is 79.4 Å². The summed E-state index contributed by atoms with van der Waals surface area (Å²) in [5.74, 6) is 0.475. The van der Waals surface area contributed by atoms with Crippen molar-refractivity contribution in [2.24, 2.45) is 0 Å². The van der Waals surface area contributed by atoms with Gasteiger partial charge in [0.1, 0.15) is 11.6 Å². The minimum Gasteiger partial charge on any atom is -0.507 e. The number of aryl methyl sites for hydroxylation is 1. The Bertz CT molecular complexity index is 3230. The van der Waals surface area contributed by atoms with Gasteiger partial charge in [-0.1, -0.05) is 150 Å². The van der Waals surface area contributed by atoms with Crippen molar-refractivity contribution in [3.05, 3.63) is 167 Å². The second-order valence-electron chi connectivity index (χ2n) is 16.5. The molecule has 0 spiro atoms. The van der Waals surface area contributed by atoms with Crippen molar-refractivity contribution in [3.8, 4) is 67.5 Å². The number of phenolic OH excluding ortho intramolecular Hbond substituents is 1. The summed E-state index contributed by atoms with van der Waals surface area (Å²) >= 11 is 0. The van der Waals surface area contributed by atoms with Crippen LogP contribution in [0.2, 0.25) is 0 Å². The standard InChI is InChI=1S/C54H52N3O.Pt/c1-33(2)41-30-46(34(3)4)52(58)47(31-41)53-56-51-45(16-13-17-50(51)57(53)49-23-22-39(26-36(49)6)37-14-11-10-12-15-37)42-27-43(29-44(28-42)54(7,8)9)48-32-40(24-25-55-48)38-20-18-35(5)19-21-38;/h10-26,28-34,58H,1-9H3;/q-1;/i5D3,6D3,18D,19D,20D,21D;. The minimum atomic E-state index is -2.85. The quantitative estimate of drug-likeness (QED) is 0.154. The Balaban J connectivity index is 0.00000703. The van der Waals surface area contributed by atoms with E-state index in [-0.39, 0.29) is 49.8 Å². The number of fused-ring (bicyclic) bond motifs is 1. The zero-order valence-electron chi connectivity index (χ0n) is 44.2. The number of benzene rings is 6. The number of phenols is 1. The van der Waals surface area contributed by atoms with Crippen LogP contribution in [0.5, 0.6) is 5.75 Å². The first-order valence-electron chi connectivity index (χ1n) is 24.6. The van der Waals surface area contributed by atoms with E-state index in [4.69, 9.17) is 23.7 Å². The fourth-order valence-electron chi connectivity index (χ4n) is 7.38. The largest absolute Gasteiger partial charge is 0.507 e. The first-order chi connectivity index (χ1) is 31.9. The molecular formula is C54H52N3OPt-. The van der Waals surface area contributed by atoms with E-state index in [1.165, 1.54) is 6.20 Å². The molecule has 8 rings (SSSR count). The smallest absolute Gasteiger partial charge is 0.148 e. The summed E-state index contributed by atoms with van der Waals surface area (Å²) in [7, 11) is 0. The predicted molar refractivity (Wildman–Crippen MR) is 243 cm³/mol. The molecule has 0 unspecified atom stereocenters. The molecule has 0 fully saturated rings. The fraction of sp³-hybridized carbons (Fsp3) is 0.222. The van der Waals surface area contributed by atoms with E-state index in [0.29, 0.717) is 56.1 Å². The molecule has 0 bridgehead atoms. The Morgan fingerprint density at radius 3 is 2.15 bits per heavy atom. The van der Waals surface area contributed by atoms with Gasteiger partial charge >= 0.3 is 0 Å². The van der Waals surface area contributed by atoms with Crippen molar-refractivity contribution in [3.63, 3.8) is 0 Å². The van der Waals surface area contributed by atoms with Gasteiger partial charge in [-0.05, 0) is 100 Å². The molecule has 8 aromatic rings. The van der Waals surface area contributed by atoms with Crippen LogP contribution in [0, 0.1) is 19.8 Å². The molecule has 300 valence electrons. The van der Waals surface area contributed by atoms with Gasteiger partial charge in [-0.15, -0.1) is 29.3 Å². The Kier molecular flexibility index (Phi) is 8.57. The molecule has 2 heterocycles. The normalized spacial score (nSPS) is 14.6. The number of para-hydroxylation sites is 1. The van der Waals surface area contributed by atoms with E-state index in [0.717, 1.165) is 27.8 Å². The van der Waals surface area contributed by atoms with Crippen molar-refractivity contribution in [1.29, 1.82) is 0 Å². The van der Waals surface area contributed by atoms with Gasteiger partial charge in [-0.2, -0.15) is 0 Å². The maximum absolute atomic E-state index is 12.2. The predicted octanol–water partition coefficient (Wildman–Crippen LogP) is 14.4. The molecule has 0 aliphatic rings. The van der Waals surface area contributed by atoms with Crippen LogP contribution < -0.4 is 0 Å². The molecule has 4 nitrogen and oxygen atoms in total. The summed E-state index contributed by atoms with van der Waals surface area (Å²) in [5, 5.41) is 12.2. The molecule has 0 aliphatic carbocycles. The van der Waals surface area contributed by atoms with Gasteiger partial charge in [-0.3, -0.25) is 9.55 Å². The van der Waals surface area contributed by atoms with Crippen LogP contribution in [0.1, 0.15) is 102 Å². The zero-order valence-corrected chi connectivity index (χ0v) is 36.4. The van der Waals surface area contributed by atoms with Gasteiger partial charge in [-0.25, -0.2) is 4.98 Å². The number of pyridine rings is 1. The maximum Gasteiger partial charge on any atom is 0.148 e. The van der Waals surface area contributed by atoms with Crippen LogP contribution in [0.4, 0.5) is 0 Å². The van der Waals surface area contributed by atoms with Gasteiger partial charge in [0.2, 0.25) is 0 Å². The summed E-state index contributed by atoms with van der Waals surface area (Å²) < 4.78 is 86.8. The molecule has 2 aromatic heterocycles. The van der Waals surface area contributed by atoms with E-state index in [2.05, 4.69) is 40.7 Å². The van der Waals surface area contributed by atoms with Gasteiger partial charge in [0.25, 0.3) is 0 Å². The van der Waals surface area contributed by atoms with E-state index in [1.807, 2.05) is 103 Å². The molecular weight excluding hydrogens is 902 g/mol. The molecule has 0 aliphatic heterocycles. The summed E-state index contributed by atoms with van der Waals surface area (Å²) in [6, 6.07) is 33.3. The molecule has 0 saturated carbocycles. The van der Waals surface area contributed by atoms with Crippen molar-refractivity contribution < 1.29 is 39.9 Å². The number of imidazole rings is 1. The van der Waals surface area contributed by atoms with Gasteiger partial charge in [0.15, 0.2) is 0 Å². The van der Waals surface area contributed by atoms with Crippen LogP contribution in [0.3, 0.4) is 0 Å². The number of aromatic nitrogens is 3. The average molecular weight is 964 g/mol. The van der Waals surface area contributed by atoms with Crippen LogP contribution in [0.15, 0.2) is 133 Å². The Morgan fingerprint density at radius 1 is 0.712 bits per heavy atom. The third-order valence-corrected chi connectivity index (χ3v) is 10.7. The topological polar surface area (TPSA) is 50.9 Å². The summed E-state index contributed by atoms with van der Waals surface area (Å²) in [6.07, 6.45) is 1.51. The summed E-state index contributed by atoms with van der Waals surface area (Å²) in [6.45, 7) is 9.06. The number of rotatable bonds is 8. The molecule has 0 atom stereocenters. The van der Waals surface area contributed by atoms with Crippen molar-refractivity contribution in [1.82, 2.24) is 14.5 Å². The Morgan fingerprint density at radius 2 is 1.46 bits per heavy atom. The van der Waals surface area contributed by atoms with Crippen molar-refractivity contribution >= 4 is 11.0 Å². The average Bonchev–Trinajstić information content (AvgIpc) is 3.67. The Labute approximate surface area is 378 Å². The first kappa shape index (κ1) is 30.5. The second-order valence-corrected chi connectivity index (χ2v) is 16.5. The van der Waals surface area contributed by atoms with Crippen molar-refractivity contribution in [2.75, 3.05) is 0 Å².